The van der Waals surface area contributed by atoms with Gasteiger partial charge in [0, 0.05) is 7.11 Å². The lowest BCUT2D eigenvalue weighted by Gasteiger charge is -2.18. The molecule has 0 saturated carbocycles. The van der Waals surface area contributed by atoms with E-state index < -0.39 is 0 Å². The second-order valence-electron chi connectivity index (χ2n) is 3.27. The van der Waals surface area contributed by atoms with Gasteiger partial charge in [0.15, 0.2) is 0 Å². The summed E-state index contributed by atoms with van der Waals surface area (Å²) in [6, 6.07) is 0.322. The summed E-state index contributed by atoms with van der Waals surface area (Å²) in [5, 5.41) is 0. The minimum Gasteiger partial charge on any atom is -0.475 e. The van der Waals surface area contributed by atoms with Crippen molar-refractivity contribution in [3.05, 3.63) is 12.2 Å². The largest absolute Gasteiger partial charge is 0.475 e. The van der Waals surface area contributed by atoms with Crippen LogP contribution in [0.4, 0.5) is 0 Å². The van der Waals surface area contributed by atoms with Gasteiger partial charge >= 0.3 is 0 Å². The fraction of sp³-hybridized carbons (Fsp3) is 0.700. The van der Waals surface area contributed by atoms with Crippen molar-refractivity contribution in [2.45, 2.75) is 19.9 Å². The zero-order chi connectivity index (χ0) is 9.68. The highest BCUT2D eigenvalue weighted by molar-refractivity contribution is 5.88. The molecule has 1 aliphatic heterocycles. The van der Waals surface area contributed by atoms with Gasteiger partial charge in [0.05, 0.1) is 12.6 Å². The van der Waals surface area contributed by atoms with Crippen molar-refractivity contribution in [1.29, 1.82) is 0 Å². The van der Waals surface area contributed by atoms with Crippen molar-refractivity contribution in [3.8, 4) is 0 Å². The van der Waals surface area contributed by atoms with Gasteiger partial charge in [-0.25, -0.2) is 4.99 Å². The molecule has 1 rings (SSSR count). The zero-order valence-electron chi connectivity index (χ0n) is 8.49. The molecule has 0 spiro atoms. The fourth-order valence-electron chi connectivity index (χ4n) is 1.07. The standard InChI is InChI=1S/C10H17NO2/c1-8-4-5-10(11-9(8)2)13-7-6-12-3/h4-5,8-9H,6-7H2,1-3H3/t8-,9?/m0/s1. The molecule has 0 fully saturated rings. The summed E-state index contributed by atoms with van der Waals surface area (Å²) in [6.07, 6.45) is 4.06. The predicted octanol–water partition coefficient (Wildman–Crippen LogP) is 1.64. The van der Waals surface area contributed by atoms with Gasteiger partial charge in [-0.3, -0.25) is 0 Å². The summed E-state index contributed by atoms with van der Waals surface area (Å²) in [4.78, 5) is 4.39. The number of dihydropyridines is 1. The summed E-state index contributed by atoms with van der Waals surface area (Å²) in [5.41, 5.74) is 0. The SMILES string of the molecule is COCCOC1=NC(C)[C@@H](C)C=C1. The van der Waals surface area contributed by atoms with Crippen LogP contribution in [0.25, 0.3) is 0 Å². The lowest BCUT2D eigenvalue weighted by atomic mass is 10.0. The van der Waals surface area contributed by atoms with E-state index in [0.29, 0.717) is 25.2 Å². The molecule has 0 bridgehead atoms. The minimum atomic E-state index is 0.322. The molecule has 0 radical (unpaired) electrons. The van der Waals surface area contributed by atoms with E-state index >= 15 is 0 Å². The van der Waals surface area contributed by atoms with Crippen LogP contribution in [0.3, 0.4) is 0 Å². The van der Waals surface area contributed by atoms with Crippen LogP contribution < -0.4 is 0 Å². The smallest absolute Gasteiger partial charge is 0.208 e. The van der Waals surface area contributed by atoms with Gasteiger partial charge in [-0.15, -0.1) is 0 Å². The molecule has 3 nitrogen and oxygen atoms in total. The molecule has 2 atom stereocenters. The molecule has 1 unspecified atom stereocenters. The molecule has 0 aromatic rings. The van der Waals surface area contributed by atoms with Crippen molar-refractivity contribution in [2.24, 2.45) is 10.9 Å². The van der Waals surface area contributed by atoms with E-state index in [0.717, 1.165) is 5.90 Å². The molecule has 1 heterocycles. The number of methoxy groups -OCH3 is 1. The topological polar surface area (TPSA) is 30.8 Å². The van der Waals surface area contributed by atoms with Crippen molar-refractivity contribution in [1.82, 2.24) is 0 Å². The summed E-state index contributed by atoms with van der Waals surface area (Å²) in [6.45, 7) is 5.42. The third-order valence-corrected chi connectivity index (χ3v) is 2.17. The Hall–Kier alpha value is -0.830. The van der Waals surface area contributed by atoms with Gasteiger partial charge in [0.1, 0.15) is 6.61 Å². The second-order valence-corrected chi connectivity index (χ2v) is 3.27. The Morgan fingerprint density at radius 3 is 2.77 bits per heavy atom. The number of rotatable bonds is 3. The van der Waals surface area contributed by atoms with Crippen LogP contribution >= 0.6 is 0 Å². The van der Waals surface area contributed by atoms with Crippen LogP contribution in [0.2, 0.25) is 0 Å². The fourth-order valence-corrected chi connectivity index (χ4v) is 1.07. The van der Waals surface area contributed by atoms with E-state index in [9.17, 15) is 0 Å². The summed E-state index contributed by atoms with van der Waals surface area (Å²) < 4.78 is 10.3. The molecular formula is C10H17NO2. The van der Waals surface area contributed by atoms with Gasteiger partial charge in [0.25, 0.3) is 0 Å². The van der Waals surface area contributed by atoms with Crippen LogP contribution in [0.15, 0.2) is 17.1 Å². The van der Waals surface area contributed by atoms with E-state index in [1.54, 1.807) is 7.11 Å². The van der Waals surface area contributed by atoms with E-state index in [-0.39, 0.29) is 0 Å². The molecule has 74 valence electrons. The Balaban J connectivity index is 2.35. The number of nitrogens with zero attached hydrogens (tertiary/aromatic N) is 1. The molecule has 1 aliphatic rings. The average molecular weight is 183 g/mol. The van der Waals surface area contributed by atoms with Gasteiger partial charge in [-0.2, -0.15) is 0 Å². The van der Waals surface area contributed by atoms with Crippen LogP contribution in [-0.4, -0.2) is 32.3 Å². The number of hydrogen-bond donors (Lipinski definition) is 0. The van der Waals surface area contributed by atoms with Crippen molar-refractivity contribution in [2.75, 3.05) is 20.3 Å². The molecule has 3 heteroatoms. The third kappa shape index (κ3) is 3.19. The van der Waals surface area contributed by atoms with Gasteiger partial charge < -0.3 is 9.47 Å². The number of ether oxygens (including phenoxy) is 2. The van der Waals surface area contributed by atoms with Crippen LogP contribution in [0.5, 0.6) is 0 Å². The molecule has 0 aromatic carbocycles. The summed E-state index contributed by atoms with van der Waals surface area (Å²) in [5.74, 6) is 1.23. The molecule has 0 saturated heterocycles. The van der Waals surface area contributed by atoms with Gasteiger partial charge in [-0.05, 0) is 18.9 Å². The second kappa shape index (κ2) is 5.02. The lowest BCUT2D eigenvalue weighted by Crippen LogP contribution is -2.19. The van der Waals surface area contributed by atoms with E-state index in [1.165, 1.54) is 0 Å². The summed E-state index contributed by atoms with van der Waals surface area (Å²) in [7, 11) is 1.66. The van der Waals surface area contributed by atoms with Gasteiger partial charge in [0.2, 0.25) is 5.90 Å². The lowest BCUT2D eigenvalue weighted by molar-refractivity contribution is 0.141. The first-order valence-corrected chi connectivity index (χ1v) is 4.61. The Bertz CT molecular complexity index is 211. The first kappa shape index (κ1) is 10.3. The van der Waals surface area contributed by atoms with Crippen molar-refractivity contribution < 1.29 is 9.47 Å². The predicted molar refractivity (Wildman–Crippen MR) is 53.0 cm³/mol. The Morgan fingerprint density at radius 1 is 1.38 bits per heavy atom. The maximum atomic E-state index is 5.38. The zero-order valence-corrected chi connectivity index (χ0v) is 8.49. The Labute approximate surface area is 79.5 Å². The monoisotopic (exact) mass is 183 g/mol. The van der Waals surface area contributed by atoms with E-state index in [2.05, 4.69) is 24.9 Å². The molecule has 0 amide bonds. The minimum absolute atomic E-state index is 0.322. The first-order chi connectivity index (χ1) is 6.24. The van der Waals surface area contributed by atoms with E-state index in [4.69, 9.17) is 9.47 Å². The molecule has 0 aromatic heterocycles. The normalized spacial score (nSPS) is 27.2. The molecule has 0 aliphatic carbocycles. The van der Waals surface area contributed by atoms with Gasteiger partial charge in [-0.1, -0.05) is 13.0 Å². The summed E-state index contributed by atoms with van der Waals surface area (Å²) >= 11 is 0. The molecular weight excluding hydrogens is 166 g/mol. The van der Waals surface area contributed by atoms with Crippen molar-refractivity contribution in [3.63, 3.8) is 0 Å². The number of aliphatic imine (C=N–C) groups is 1. The van der Waals surface area contributed by atoms with Crippen molar-refractivity contribution >= 4 is 5.90 Å². The maximum absolute atomic E-state index is 5.38. The average Bonchev–Trinajstić information content (AvgIpc) is 2.12. The first-order valence-electron chi connectivity index (χ1n) is 4.61. The van der Waals surface area contributed by atoms with Crippen LogP contribution in [0, 0.1) is 5.92 Å². The van der Waals surface area contributed by atoms with Crippen LogP contribution in [0.1, 0.15) is 13.8 Å². The Kier molecular flexibility index (Phi) is 3.96. The molecule has 13 heavy (non-hydrogen) atoms. The highest BCUT2D eigenvalue weighted by Crippen LogP contribution is 2.13. The Morgan fingerprint density at radius 2 is 2.15 bits per heavy atom. The third-order valence-electron chi connectivity index (χ3n) is 2.17. The quantitative estimate of drug-likeness (QED) is 0.623. The highest BCUT2D eigenvalue weighted by atomic mass is 16.5. The molecule has 0 N–H and O–H groups in total. The highest BCUT2D eigenvalue weighted by Gasteiger charge is 2.13. The van der Waals surface area contributed by atoms with Crippen LogP contribution in [-0.2, 0) is 9.47 Å². The maximum Gasteiger partial charge on any atom is 0.208 e. The number of hydrogen-bond acceptors (Lipinski definition) is 3. The van der Waals surface area contributed by atoms with E-state index in [1.807, 2.05) is 6.08 Å².